The summed E-state index contributed by atoms with van der Waals surface area (Å²) < 4.78 is 68.7. The standard InChI is InChI=1S/C89H152O17P2/c1-5-9-13-17-21-25-29-33-36-39-41-44-46-50-53-57-61-65-69-73-86(91)99-79-84(105-88(93)75-71-67-63-59-55-49-32-28-24-20-16-12-8-4)81-103-107(95,96)101-77-83(90)78-102-108(97,98)104-82-85(106-89(94)76-72-68-64-60-56-52-48-43-38-35-31-27-23-19-15-11-7-3)80-100-87(92)74-70-66-62-58-54-51-47-45-42-40-37-34-30-26-22-18-14-10-6-2/h11,15,21-23,25-28,32-38,41-42,44-45,48,52,83-85,90H,5-10,12-14,16-20,24,29-31,39-40,43,46-47,49-51,53-82H2,1-4H3,(H,95,96)(H,97,98)/b15-11-,25-21-,26-22-,27-23-,32-28-,36-33-,37-34-,38-35-,44-41-,45-42-,52-48-. The summed E-state index contributed by atoms with van der Waals surface area (Å²) in [6.07, 6.45) is 91.2. The molecule has 620 valence electrons. The molecule has 19 heteroatoms. The fourth-order valence-electron chi connectivity index (χ4n) is 11.1. The van der Waals surface area contributed by atoms with Crippen molar-refractivity contribution in [1.29, 1.82) is 0 Å². The number of hydrogen-bond donors (Lipinski definition) is 3. The molecule has 0 bridgehead atoms. The summed E-state index contributed by atoms with van der Waals surface area (Å²) in [4.78, 5) is 73.2. The smallest absolute Gasteiger partial charge is 0.462 e. The highest BCUT2D eigenvalue weighted by molar-refractivity contribution is 7.47. The van der Waals surface area contributed by atoms with E-state index < -0.39 is 97.5 Å². The Labute approximate surface area is 656 Å². The van der Waals surface area contributed by atoms with Gasteiger partial charge in [0.25, 0.3) is 0 Å². The molecule has 108 heavy (non-hydrogen) atoms. The zero-order valence-corrected chi connectivity index (χ0v) is 69.8. The number of ether oxygens (including phenoxy) is 4. The number of phosphoric ester groups is 2. The van der Waals surface area contributed by atoms with Crippen LogP contribution in [0.3, 0.4) is 0 Å². The quantitative estimate of drug-likeness (QED) is 0.0169. The van der Waals surface area contributed by atoms with E-state index in [0.717, 1.165) is 205 Å². The third-order valence-electron chi connectivity index (χ3n) is 17.6. The van der Waals surface area contributed by atoms with E-state index in [4.69, 9.17) is 37.0 Å². The van der Waals surface area contributed by atoms with Crippen LogP contribution in [0.15, 0.2) is 134 Å². The maximum Gasteiger partial charge on any atom is 0.472 e. The first-order valence-electron chi connectivity index (χ1n) is 42.4. The number of esters is 4. The summed E-state index contributed by atoms with van der Waals surface area (Å²) in [7, 11) is -9.99. The molecule has 0 heterocycles. The molecule has 0 saturated carbocycles. The minimum atomic E-state index is -5.00. The molecular formula is C89H152O17P2. The van der Waals surface area contributed by atoms with Crippen molar-refractivity contribution in [3.63, 3.8) is 0 Å². The summed E-state index contributed by atoms with van der Waals surface area (Å²) in [5.41, 5.74) is 0. The number of phosphoric acid groups is 2. The Morgan fingerprint density at radius 2 is 0.481 bits per heavy atom. The van der Waals surface area contributed by atoms with Gasteiger partial charge in [-0.1, -0.05) is 290 Å². The van der Waals surface area contributed by atoms with Gasteiger partial charge in [0.1, 0.15) is 19.3 Å². The fourth-order valence-corrected chi connectivity index (χ4v) is 12.7. The average molecular weight is 1560 g/mol. The second-order valence-electron chi connectivity index (χ2n) is 28.0. The number of aliphatic hydroxyl groups excluding tert-OH is 1. The molecule has 0 saturated heterocycles. The predicted octanol–water partition coefficient (Wildman–Crippen LogP) is 25.2. The molecule has 0 rings (SSSR count). The van der Waals surface area contributed by atoms with E-state index in [0.29, 0.717) is 25.7 Å². The van der Waals surface area contributed by atoms with E-state index in [1.165, 1.54) is 64.2 Å². The molecule has 0 aromatic carbocycles. The maximum atomic E-state index is 13.1. The van der Waals surface area contributed by atoms with Gasteiger partial charge < -0.3 is 33.8 Å². The molecule has 0 amide bonds. The van der Waals surface area contributed by atoms with Gasteiger partial charge in [-0.25, -0.2) is 9.13 Å². The summed E-state index contributed by atoms with van der Waals surface area (Å²) in [5.74, 6) is -2.23. The second kappa shape index (κ2) is 80.3. The molecule has 0 aromatic heterocycles. The van der Waals surface area contributed by atoms with Crippen LogP contribution in [0.2, 0.25) is 0 Å². The zero-order chi connectivity index (χ0) is 78.9. The molecule has 0 aliphatic rings. The van der Waals surface area contributed by atoms with Gasteiger partial charge in [0.05, 0.1) is 26.4 Å². The third-order valence-corrected chi connectivity index (χ3v) is 19.5. The van der Waals surface area contributed by atoms with Gasteiger partial charge in [-0.15, -0.1) is 0 Å². The molecule has 0 spiro atoms. The maximum absolute atomic E-state index is 13.1. The monoisotopic (exact) mass is 1560 g/mol. The zero-order valence-electron chi connectivity index (χ0n) is 68.0. The van der Waals surface area contributed by atoms with Crippen LogP contribution < -0.4 is 0 Å². The van der Waals surface area contributed by atoms with Crippen molar-refractivity contribution in [2.75, 3.05) is 39.6 Å². The highest BCUT2D eigenvalue weighted by atomic mass is 31.2. The van der Waals surface area contributed by atoms with Gasteiger partial charge >= 0.3 is 39.5 Å². The Bertz CT molecular complexity index is 2560. The van der Waals surface area contributed by atoms with E-state index in [-0.39, 0.29) is 25.7 Å². The lowest BCUT2D eigenvalue weighted by molar-refractivity contribution is -0.161. The Hall–Kier alpha value is -4.80. The number of carbonyl (C=O) groups is 4. The van der Waals surface area contributed by atoms with Gasteiger partial charge in [-0.3, -0.25) is 37.3 Å². The van der Waals surface area contributed by atoms with Crippen LogP contribution in [0.1, 0.15) is 349 Å². The second-order valence-corrected chi connectivity index (χ2v) is 30.9. The summed E-state index contributed by atoms with van der Waals surface area (Å²) in [6, 6.07) is 0. The van der Waals surface area contributed by atoms with Gasteiger partial charge in [0.15, 0.2) is 12.2 Å². The molecule has 0 aromatic rings. The molecule has 5 unspecified atom stereocenters. The Balaban J connectivity index is 5.40. The SMILES string of the molecule is CC/C=C\C/C=C\C/C=C\C/C=C\CCCCCCC(=O)OC(COC(=O)CCCCCCCC/C=C\C/C=C\C/C=C\CCCCC)COP(=O)(O)OCC(O)COP(=O)(O)OCC(COC(=O)CCCCCCCC/C=C\C/C=C\C/C=C\CCCCC)OC(=O)CCCCCCC/C=C\CCCCCC. The van der Waals surface area contributed by atoms with Gasteiger partial charge in [0, 0.05) is 25.7 Å². The van der Waals surface area contributed by atoms with Crippen molar-refractivity contribution in [2.24, 2.45) is 0 Å². The van der Waals surface area contributed by atoms with Crippen LogP contribution in [0.5, 0.6) is 0 Å². The van der Waals surface area contributed by atoms with Crippen LogP contribution in [0.4, 0.5) is 0 Å². The largest absolute Gasteiger partial charge is 0.472 e. The normalized spacial score (nSPS) is 14.5. The number of carbonyl (C=O) groups excluding carboxylic acids is 4. The molecular weight excluding hydrogens is 1400 g/mol. The van der Waals surface area contributed by atoms with Crippen molar-refractivity contribution in [3.8, 4) is 0 Å². The lowest BCUT2D eigenvalue weighted by Crippen LogP contribution is -2.30. The van der Waals surface area contributed by atoms with Crippen molar-refractivity contribution < 1.29 is 80.2 Å². The summed E-state index contributed by atoms with van der Waals surface area (Å²) in [5, 5.41) is 10.7. The minimum Gasteiger partial charge on any atom is -0.462 e. The molecule has 0 aliphatic heterocycles. The molecule has 17 nitrogen and oxygen atoms in total. The van der Waals surface area contributed by atoms with Gasteiger partial charge in [-0.2, -0.15) is 0 Å². The minimum absolute atomic E-state index is 0.0608. The number of rotatable bonds is 79. The number of unbranched alkanes of at least 4 members (excludes halogenated alkanes) is 31. The molecule has 3 N–H and O–H groups in total. The van der Waals surface area contributed by atoms with Crippen LogP contribution in [0.25, 0.3) is 0 Å². The first-order valence-corrected chi connectivity index (χ1v) is 45.4. The van der Waals surface area contributed by atoms with E-state index in [9.17, 15) is 43.2 Å². The number of aliphatic hydroxyl groups is 1. The highest BCUT2D eigenvalue weighted by Gasteiger charge is 2.30. The lowest BCUT2D eigenvalue weighted by atomic mass is 10.1. The molecule has 0 aliphatic carbocycles. The fraction of sp³-hybridized carbons (Fsp3) is 0.708. The van der Waals surface area contributed by atoms with Crippen molar-refractivity contribution in [1.82, 2.24) is 0 Å². The Morgan fingerprint density at radius 3 is 0.769 bits per heavy atom. The predicted molar refractivity (Wildman–Crippen MR) is 445 cm³/mol. The van der Waals surface area contributed by atoms with E-state index in [1.807, 2.05) is 0 Å². The highest BCUT2D eigenvalue weighted by Crippen LogP contribution is 2.45. The van der Waals surface area contributed by atoms with E-state index >= 15 is 0 Å². The Morgan fingerprint density at radius 1 is 0.269 bits per heavy atom. The van der Waals surface area contributed by atoms with Crippen molar-refractivity contribution in [3.05, 3.63) is 134 Å². The summed E-state index contributed by atoms with van der Waals surface area (Å²) in [6.45, 7) is 4.66. The number of allylic oxidation sites excluding steroid dienone is 22. The van der Waals surface area contributed by atoms with Crippen LogP contribution in [-0.2, 0) is 65.4 Å². The first kappa shape index (κ1) is 103. The van der Waals surface area contributed by atoms with Crippen LogP contribution in [-0.4, -0.2) is 96.7 Å². The third kappa shape index (κ3) is 79.3. The van der Waals surface area contributed by atoms with E-state index in [2.05, 4.69) is 161 Å². The van der Waals surface area contributed by atoms with Gasteiger partial charge in [0.2, 0.25) is 0 Å². The molecule has 0 radical (unpaired) electrons. The molecule has 0 fully saturated rings. The summed E-state index contributed by atoms with van der Waals surface area (Å²) >= 11 is 0. The lowest BCUT2D eigenvalue weighted by Gasteiger charge is -2.21. The van der Waals surface area contributed by atoms with E-state index in [1.54, 1.807) is 0 Å². The molecule has 5 atom stereocenters. The topological polar surface area (TPSA) is 237 Å². The average Bonchev–Trinajstić information content (AvgIpc) is 0.905. The van der Waals surface area contributed by atoms with Crippen molar-refractivity contribution >= 4 is 39.5 Å². The van der Waals surface area contributed by atoms with Crippen molar-refractivity contribution in [2.45, 2.75) is 367 Å². The number of hydrogen-bond acceptors (Lipinski definition) is 15. The van der Waals surface area contributed by atoms with Crippen LogP contribution in [0, 0.1) is 0 Å². The Kier molecular flexibility index (Phi) is 76.7. The van der Waals surface area contributed by atoms with Crippen LogP contribution >= 0.6 is 15.6 Å². The first-order chi connectivity index (χ1) is 52.7. The van der Waals surface area contributed by atoms with Gasteiger partial charge in [-0.05, 0) is 167 Å².